The zero-order chi connectivity index (χ0) is 13.9. The minimum atomic E-state index is 0.241. The first-order chi connectivity index (χ1) is 9.74. The van der Waals surface area contributed by atoms with Gasteiger partial charge in [-0.25, -0.2) is 4.98 Å². The molecule has 0 saturated carbocycles. The summed E-state index contributed by atoms with van der Waals surface area (Å²) in [6.07, 6.45) is 4.65. The highest BCUT2D eigenvalue weighted by Crippen LogP contribution is 2.39. The first kappa shape index (κ1) is 13.3. The van der Waals surface area contributed by atoms with Gasteiger partial charge >= 0.3 is 0 Å². The van der Waals surface area contributed by atoms with Gasteiger partial charge in [0.25, 0.3) is 0 Å². The molecule has 0 bridgehead atoms. The van der Waals surface area contributed by atoms with E-state index in [9.17, 15) is 0 Å². The van der Waals surface area contributed by atoms with Crippen LogP contribution in [0, 0.1) is 0 Å². The van der Waals surface area contributed by atoms with Gasteiger partial charge in [-0.05, 0) is 17.7 Å². The molecule has 1 aromatic heterocycles. The van der Waals surface area contributed by atoms with Crippen molar-refractivity contribution in [1.29, 1.82) is 0 Å². The van der Waals surface area contributed by atoms with E-state index < -0.39 is 0 Å². The van der Waals surface area contributed by atoms with Crippen molar-refractivity contribution in [3.63, 3.8) is 0 Å². The molecule has 0 amide bonds. The van der Waals surface area contributed by atoms with E-state index in [0.717, 1.165) is 36.6 Å². The maximum absolute atomic E-state index is 6.14. The summed E-state index contributed by atoms with van der Waals surface area (Å²) in [6.45, 7) is 1.84. The van der Waals surface area contributed by atoms with E-state index in [2.05, 4.69) is 10.3 Å². The Labute approximate surface area is 122 Å². The number of imidazole rings is 1. The molecule has 1 N–H and O–H groups in total. The predicted molar refractivity (Wildman–Crippen MR) is 76.2 cm³/mol. The van der Waals surface area contributed by atoms with Crippen LogP contribution in [0.3, 0.4) is 0 Å². The third-order valence-electron chi connectivity index (χ3n) is 3.26. The number of fused-ring (bicyclic) bond motifs is 1. The van der Waals surface area contributed by atoms with Crippen LogP contribution in [0.1, 0.15) is 11.4 Å². The lowest BCUT2D eigenvalue weighted by molar-refractivity contribution is 0.174. The molecule has 0 aliphatic carbocycles. The lowest BCUT2D eigenvalue weighted by Gasteiger charge is -2.07. The van der Waals surface area contributed by atoms with Gasteiger partial charge in [-0.15, -0.1) is 0 Å². The minimum Gasteiger partial charge on any atom is -0.454 e. The van der Waals surface area contributed by atoms with E-state index in [-0.39, 0.29) is 6.79 Å². The highest BCUT2D eigenvalue weighted by Gasteiger charge is 2.17. The van der Waals surface area contributed by atoms with Crippen molar-refractivity contribution in [2.75, 3.05) is 13.3 Å². The average Bonchev–Trinajstić information content (AvgIpc) is 3.04. The molecule has 0 saturated heterocycles. The average molecular weight is 294 g/mol. The maximum Gasteiger partial charge on any atom is 0.231 e. The third-order valence-corrected chi connectivity index (χ3v) is 3.54. The van der Waals surface area contributed by atoms with Gasteiger partial charge in [0.1, 0.15) is 5.82 Å². The molecule has 2 heterocycles. The third kappa shape index (κ3) is 2.73. The van der Waals surface area contributed by atoms with Gasteiger partial charge in [0.15, 0.2) is 11.5 Å². The molecule has 106 valence electrons. The summed E-state index contributed by atoms with van der Waals surface area (Å²) in [5.41, 5.74) is 1.08. The number of hydrogen-bond donors (Lipinski definition) is 1. The molecule has 5 nitrogen and oxygen atoms in total. The monoisotopic (exact) mass is 293 g/mol. The van der Waals surface area contributed by atoms with E-state index in [4.69, 9.17) is 21.1 Å². The number of benzene rings is 1. The van der Waals surface area contributed by atoms with Crippen molar-refractivity contribution in [3.8, 4) is 11.5 Å². The molecule has 1 aliphatic rings. The Bertz CT molecular complexity index is 612. The van der Waals surface area contributed by atoms with E-state index in [1.54, 1.807) is 0 Å². The SMILES string of the molecule is Cn1ccnc1CCNCc1cc(Cl)c2c(c1)OCO2. The smallest absolute Gasteiger partial charge is 0.231 e. The Balaban J connectivity index is 1.54. The number of hydrogen-bond acceptors (Lipinski definition) is 4. The first-order valence-electron chi connectivity index (χ1n) is 6.49. The molecular weight excluding hydrogens is 278 g/mol. The summed E-state index contributed by atoms with van der Waals surface area (Å²) in [6, 6.07) is 3.87. The van der Waals surface area contributed by atoms with E-state index in [0.29, 0.717) is 10.8 Å². The van der Waals surface area contributed by atoms with Crippen LogP contribution in [-0.4, -0.2) is 22.9 Å². The Morgan fingerprint density at radius 1 is 1.40 bits per heavy atom. The van der Waals surface area contributed by atoms with Crippen molar-refractivity contribution < 1.29 is 9.47 Å². The summed E-state index contributed by atoms with van der Waals surface area (Å²) >= 11 is 6.14. The van der Waals surface area contributed by atoms with Crippen molar-refractivity contribution in [2.45, 2.75) is 13.0 Å². The Hall–Kier alpha value is -1.72. The molecule has 0 unspecified atom stereocenters. The minimum absolute atomic E-state index is 0.241. The highest BCUT2D eigenvalue weighted by atomic mass is 35.5. The quantitative estimate of drug-likeness (QED) is 0.858. The molecule has 2 aromatic rings. The summed E-state index contributed by atoms with van der Waals surface area (Å²) in [5, 5.41) is 3.98. The summed E-state index contributed by atoms with van der Waals surface area (Å²) in [5.74, 6) is 2.43. The lowest BCUT2D eigenvalue weighted by atomic mass is 10.2. The fraction of sp³-hybridized carbons (Fsp3) is 0.357. The molecule has 1 aliphatic heterocycles. The molecule has 6 heteroatoms. The summed E-state index contributed by atoms with van der Waals surface area (Å²) in [4.78, 5) is 4.29. The highest BCUT2D eigenvalue weighted by molar-refractivity contribution is 6.32. The molecule has 0 radical (unpaired) electrons. The second kappa shape index (κ2) is 5.73. The summed E-state index contributed by atoms with van der Waals surface area (Å²) in [7, 11) is 2.00. The first-order valence-corrected chi connectivity index (χ1v) is 6.87. The predicted octanol–water partition coefficient (Wildman–Crippen LogP) is 2.13. The Morgan fingerprint density at radius 3 is 3.10 bits per heavy atom. The van der Waals surface area contributed by atoms with Gasteiger partial charge in [0.2, 0.25) is 6.79 Å². The number of aromatic nitrogens is 2. The van der Waals surface area contributed by atoms with E-state index >= 15 is 0 Å². The van der Waals surface area contributed by atoms with Gasteiger partial charge in [-0.3, -0.25) is 0 Å². The van der Waals surface area contributed by atoms with Crippen molar-refractivity contribution in [3.05, 3.63) is 40.9 Å². The molecule has 0 fully saturated rings. The zero-order valence-corrected chi connectivity index (χ0v) is 12.0. The van der Waals surface area contributed by atoms with Crippen LogP contribution in [0.5, 0.6) is 11.5 Å². The van der Waals surface area contributed by atoms with Gasteiger partial charge in [-0.2, -0.15) is 0 Å². The van der Waals surface area contributed by atoms with Crippen LogP contribution in [-0.2, 0) is 20.0 Å². The van der Waals surface area contributed by atoms with Crippen molar-refractivity contribution in [1.82, 2.24) is 14.9 Å². The van der Waals surface area contributed by atoms with Gasteiger partial charge in [-0.1, -0.05) is 11.6 Å². The molecule has 3 rings (SSSR count). The number of nitrogens with zero attached hydrogens (tertiary/aromatic N) is 2. The Morgan fingerprint density at radius 2 is 2.30 bits per heavy atom. The van der Waals surface area contributed by atoms with Crippen LogP contribution in [0.15, 0.2) is 24.5 Å². The van der Waals surface area contributed by atoms with Gasteiger partial charge < -0.3 is 19.4 Å². The standard InChI is InChI=1S/C14H16ClN3O2/c1-18-5-4-17-13(18)2-3-16-8-10-6-11(15)14-12(7-10)19-9-20-14/h4-7,16H,2-3,8-9H2,1H3. The molecular formula is C14H16ClN3O2. The molecule has 1 aromatic carbocycles. The van der Waals surface area contributed by atoms with Crippen LogP contribution >= 0.6 is 11.6 Å². The zero-order valence-electron chi connectivity index (χ0n) is 11.2. The fourth-order valence-corrected chi connectivity index (χ4v) is 2.48. The largest absolute Gasteiger partial charge is 0.454 e. The molecule has 0 spiro atoms. The molecule has 20 heavy (non-hydrogen) atoms. The second-order valence-electron chi connectivity index (χ2n) is 4.69. The number of ether oxygens (including phenoxy) is 2. The van der Waals surface area contributed by atoms with Crippen molar-refractivity contribution in [2.24, 2.45) is 7.05 Å². The van der Waals surface area contributed by atoms with Crippen LogP contribution < -0.4 is 14.8 Å². The summed E-state index contributed by atoms with van der Waals surface area (Å²) < 4.78 is 12.7. The maximum atomic E-state index is 6.14. The van der Waals surface area contributed by atoms with Crippen molar-refractivity contribution >= 4 is 11.6 Å². The number of aryl methyl sites for hydroxylation is 1. The van der Waals surface area contributed by atoms with Gasteiger partial charge in [0.05, 0.1) is 5.02 Å². The fourth-order valence-electron chi connectivity index (χ4n) is 2.19. The van der Waals surface area contributed by atoms with E-state index in [1.807, 2.05) is 36.1 Å². The van der Waals surface area contributed by atoms with Crippen LogP contribution in [0.25, 0.3) is 0 Å². The van der Waals surface area contributed by atoms with Crippen LogP contribution in [0.4, 0.5) is 0 Å². The number of nitrogens with one attached hydrogen (secondary N) is 1. The van der Waals surface area contributed by atoms with Crippen LogP contribution in [0.2, 0.25) is 5.02 Å². The van der Waals surface area contributed by atoms with Gasteiger partial charge in [0, 0.05) is 39.0 Å². The number of halogens is 1. The molecule has 0 atom stereocenters. The second-order valence-corrected chi connectivity index (χ2v) is 5.10. The topological polar surface area (TPSA) is 48.3 Å². The van der Waals surface area contributed by atoms with E-state index in [1.165, 1.54) is 0 Å². The lowest BCUT2D eigenvalue weighted by Crippen LogP contribution is -2.18. The normalized spacial score (nSPS) is 12.9. The Kier molecular flexibility index (Phi) is 3.80. The number of rotatable bonds is 5.